The number of hydrogen-bond acceptors (Lipinski definition) is 5. The van der Waals surface area contributed by atoms with Gasteiger partial charge < -0.3 is 23.8 Å². The third kappa shape index (κ3) is 2.75. The van der Waals surface area contributed by atoms with Gasteiger partial charge in [-0.3, -0.25) is 0 Å². The van der Waals surface area contributed by atoms with Gasteiger partial charge in [0.2, 0.25) is 0 Å². The summed E-state index contributed by atoms with van der Waals surface area (Å²) in [5.41, 5.74) is 4.46. The molecule has 27 heavy (non-hydrogen) atoms. The molecule has 1 aliphatic carbocycles. The second kappa shape index (κ2) is 6.67. The van der Waals surface area contributed by atoms with Gasteiger partial charge in [-0.15, -0.1) is 0 Å². The molecule has 3 aliphatic rings. The van der Waals surface area contributed by atoms with E-state index in [1.54, 1.807) is 28.4 Å². The predicted octanol–water partition coefficient (Wildman–Crippen LogP) is 2.19. The second-order valence-corrected chi connectivity index (χ2v) is 6.58. The Morgan fingerprint density at radius 1 is 0.852 bits per heavy atom. The molecule has 0 fully saturated rings. The van der Waals surface area contributed by atoms with Gasteiger partial charge in [-0.1, -0.05) is 0 Å². The Morgan fingerprint density at radius 2 is 1.59 bits per heavy atom. The van der Waals surface area contributed by atoms with Crippen LogP contribution in [-0.2, 0) is 9.47 Å². The maximum Gasteiger partial charge on any atom is 0.161 e. The molecule has 0 N–H and O–H groups in total. The van der Waals surface area contributed by atoms with Crippen molar-refractivity contribution in [3.63, 3.8) is 0 Å². The molecule has 0 radical (unpaired) electrons. The highest BCUT2D eigenvalue weighted by atomic mass is 16.5. The van der Waals surface area contributed by atoms with Gasteiger partial charge in [0.05, 0.1) is 21.3 Å². The number of allylic oxidation sites excluding steroid dienone is 5. The summed E-state index contributed by atoms with van der Waals surface area (Å²) in [5.74, 6) is 2.25. The third-order valence-electron chi connectivity index (χ3n) is 5.19. The quantitative estimate of drug-likeness (QED) is 0.818. The number of benzene rings is 1. The van der Waals surface area contributed by atoms with Crippen LogP contribution in [-0.4, -0.2) is 39.4 Å². The molecule has 2 aliphatic heterocycles. The van der Waals surface area contributed by atoms with Gasteiger partial charge in [-0.05, 0) is 54.2 Å². The van der Waals surface area contributed by atoms with E-state index in [1.165, 1.54) is 0 Å². The van der Waals surface area contributed by atoms with Gasteiger partial charge in [0.25, 0.3) is 0 Å². The summed E-state index contributed by atoms with van der Waals surface area (Å²) in [6.45, 7) is 2.11. The number of rotatable bonds is 4. The van der Waals surface area contributed by atoms with E-state index in [0.29, 0.717) is 0 Å². The summed E-state index contributed by atoms with van der Waals surface area (Å²) in [6, 6.07) is 4.05. The van der Waals surface area contributed by atoms with Gasteiger partial charge >= 0.3 is 0 Å². The molecule has 0 saturated carbocycles. The molecule has 1 aromatic rings. The minimum Gasteiger partial charge on any atom is -0.498 e. The first kappa shape index (κ1) is 17.5. The monoisotopic (exact) mass is 365 g/mol. The van der Waals surface area contributed by atoms with Crippen molar-refractivity contribution in [3.05, 3.63) is 69.6 Å². The summed E-state index contributed by atoms with van der Waals surface area (Å²) in [4.78, 5) is 2.19. The number of ether oxygens (including phenoxy) is 4. The van der Waals surface area contributed by atoms with Crippen LogP contribution in [0.5, 0.6) is 11.5 Å². The molecule has 0 aromatic heterocycles. The van der Waals surface area contributed by atoms with Crippen LogP contribution in [0.25, 0.3) is 11.8 Å². The number of fused-ring (bicyclic) bond motifs is 3. The lowest BCUT2D eigenvalue weighted by Crippen LogP contribution is -2.37. The average molecular weight is 365 g/mol. The molecule has 140 valence electrons. The zero-order valence-electron chi connectivity index (χ0n) is 16.2. The Hall–Kier alpha value is -2.92. The van der Waals surface area contributed by atoms with Crippen molar-refractivity contribution in [1.82, 2.24) is 4.90 Å². The molecule has 1 atom stereocenters. The maximum absolute atomic E-state index is 5.53. The van der Waals surface area contributed by atoms with Crippen molar-refractivity contribution < 1.29 is 18.9 Å². The van der Waals surface area contributed by atoms with E-state index in [4.69, 9.17) is 18.9 Å². The van der Waals surface area contributed by atoms with Crippen LogP contribution in [0.4, 0.5) is 0 Å². The van der Waals surface area contributed by atoms with Gasteiger partial charge in [0.1, 0.15) is 11.9 Å². The molecular weight excluding hydrogens is 342 g/mol. The van der Waals surface area contributed by atoms with Gasteiger partial charge in [0, 0.05) is 35.5 Å². The maximum atomic E-state index is 5.53. The first-order valence-corrected chi connectivity index (χ1v) is 8.77. The Morgan fingerprint density at radius 3 is 2.26 bits per heavy atom. The number of hydrogen-bond donors (Lipinski definition) is 0. The summed E-state index contributed by atoms with van der Waals surface area (Å²) in [7, 11) is 6.67. The molecular formula is C22H23NO4. The van der Waals surface area contributed by atoms with E-state index >= 15 is 0 Å². The largest absolute Gasteiger partial charge is 0.498 e. The average Bonchev–Trinajstić information content (AvgIpc) is 2.70. The summed E-state index contributed by atoms with van der Waals surface area (Å²) >= 11 is 0. The summed E-state index contributed by atoms with van der Waals surface area (Å²) in [6.07, 6.45) is 10.4. The molecule has 5 nitrogen and oxygen atoms in total. The number of methoxy groups -OCH3 is 4. The fraction of sp³-hybridized carbons (Fsp3) is 0.273. The Balaban J connectivity index is 1.90. The van der Waals surface area contributed by atoms with E-state index < -0.39 is 0 Å². The topological polar surface area (TPSA) is 40.2 Å². The smallest absolute Gasteiger partial charge is 0.161 e. The van der Waals surface area contributed by atoms with E-state index in [2.05, 4.69) is 36.3 Å². The molecule has 0 saturated heterocycles. The molecule has 0 bridgehead atoms. The first-order valence-electron chi connectivity index (χ1n) is 8.77. The second-order valence-electron chi connectivity index (χ2n) is 6.58. The van der Waals surface area contributed by atoms with Crippen molar-refractivity contribution in [2.45, 2.75) is 13.0 Å². The van der Waals surface area contributed by atoms with Crippen LogP contribution in [0.3, 0.4) is 0 Å². The fourth-order valence-electron chi connectivity index (χ4n) is 3.72. The van der Waals surface area contributed by atoms with Gasteiger partial charge in [0.15, 0.2) is 11.5 Å². The zero-order valence-corrected chi connectivity index (χ0v) is 16.2. The van der Waals surface area contributed by atoms with E-state index in [1.807, 2.05) is 18.2 Å². The van der Waals surface area contributed by atoms with Crippen molar-refractivity contribution in [3.8, 4) is 11.5 Å². The first-order chi connectivity index (χ1) is 13.1. The summed E-state index contributed by atoms with van der Waals surface area (Å²) in [5, 5.41) is 2.23. The standard InChI is InChI=1S/C22H23NO4/c1-13-18-11-22(27-5)20(25-3)9-15(18)7-17-6-14-8-19(24-2)21(26-4)10-16(14)12-23(13)17/h6-12,19H,1-5H3. The normalized spacial score (nSPS) is 20.1. The Labute approximate surface area is 158 Å². The highest BCUT2D eigenvalue weighted by molar-refractivity contribution is 5.69. The lowest BCUT2D eigenvalue weighted by molar-refractivity contribution is 0.109. The molecule has 0 spiro atoms. The minimum absolute atomic E-state index is 0.171. The predicted molar refractivity (Wildman–Crippen MR) is 104 cm³/mol. The van der Waals surface area contributed by atoms with Crippen molar-refractivity contribution in [2.24, 2.45) is 0 Å². The molecule has 5 heteroatoms. The van der Waals surface area contributed by atoms with Gasteiger partial charge in [-0.2, -0.15) is 0 Å². The SMILES string of the molecule is COC1=CC2=CN3C(=CC2=CC1OC)C=c1cc(OC)c(OC)cc1=C3C. The fourth-order valence-corrected chi connectivity index (χ4v) is 3.72. The molecule has 1 aromatic carbocycles. The van der Waals surface area contributed by atoms with E-state index in [0.717, 1.165) is 50.2 Å². The van der Waals surface area contributed by atoms with Crippen LogP contribution in [0.1, 0.15) is 6.92 Å². The van der Waals surface area contributed by atoms with Crippen LogP contribution in [0.2, 0.25) is 0 Å². The van der Waals surface area contributed by atoms with Crippen LogP contribution in [0.15, 0.2) is 59.2 Å². The van der Waals surface area contributed by atoms with Crippen LogP contribution >= 0.6 is 0 Å². The van der Waals surface area contributed by atoms with E-state index in [9.17, 15) is 0 Å². The van der Waals surface area contributed by atoms with Crippen molar-refractivity contribution >= 4 is 11.8 Å². The van der Waals surface area contributed by atoms with Crippen molar-refractivity contribution in [2.75, 3.05) is 28.4 Å². The zero-order chi connectivity index (χ0) is 19.1. The molecule has 4 rings (SSSR count). The van der Waals surface area contributed by atoms with Crippen LogP contribution < -0.4 is 19.9 Å². The van der Waals surface area contributed by atoms with Crippen LogP contribution in [0, 0.1) is 0 Å². The highest BCUT2D eigenvalue weighted by Crippen LogP contribution is 2.34. The molecule has 2 heterocycles. The molecule has 0 amide bonds. The van der Waals surface area contributed by atoms with Crippen molar-refractivity contribution in [1.29, 1.82) is 0 Å². The number of nitrogens with zero attached hydrogens (tertiary/aromatic N) is 1. The lowest BCUT2D eigenvalue weighted by atomic mass is 9.92. The highest BCUT2D eigenvalue weighted by Gasteiger charge is 2.26. The van der Waals surface area contributed by atoms with Gasteiger partial charge in [-0.25, -0.2) is 0 Å². The third-order valence-corrected chi connectivity index (χ3v) is 5.19. The molecule has 1 unspecified atom stereocenters. The summed E-state index contributed by atoms with van der Waals surface area (Å²) < 4.78 is 22.0. The Bertz CT molecular complexity index is 1040. The minimum atomic E-state index is -0.171. The van der Waals surface area contributed by atoms with E-state index in [-0.39, 0.29) is 6.10 Å². The lowest BCUT2D eigenvalue weighted by Gasteiger charge is -2.32. The Kier molecular flexibility index (Phi) is 4.32.